The molecule has 0 fully saturated rings. The molecule has 0 aliphatic carbocycles. The third-order valence-electron chi connectivity index (χ3n) is 6.04. The Labute approximate surface area is 172 Å². The van der Waals surface area contributed by atoms with E-state index in [4.69, 9.17) is 4.74 Å². The maximum atomic E-state index is 6.18. The highest BCUT2D eigenvalue weighted by Crippen LogP contribution is 2.49. The molecule has 1 aliphatic rings. The molecule has 0 spiro atoms. The highest BCUT2D eigenvalue weighted by Gasteiger charge is 2.24. The van der Waals surface area contributed by atoms with Crippen LogP contribution in [0.1, 0.15) is 0 Å². The Bertz CT molecular complexity index is 1610. The minimum absolute atomic E-state index is 0.666. The molecule has 140 valence electrons. The average molecular weight is 384 g/mol. The van der Waals surface area contributed by atoms with Crippen molar-refractivity contribution in [2.75, 3.05) is 0 Å². The molecule has 0 atom stereocenters. The Morgan fingerprint density at radius 3 is 2.40 bits per heavy atom. The van der Waals surface area contributed by atoms with Crippen LogP contribution >= 0.6 is 0 Å². The molecule has 0 N–H and O–H groups in total. The lowest BCUT2D eigenvalue weighted by atomic mass is 9.93. The lowest BCUT2D eigenvalue weighted by Crippen LogP contribution is -2.00. The second-order valence-electron chi connectivity index (χ2n) is 7.64. The Kier molecular flexibility index (Phi) is 3.00. The lowest BCUT2D eigenvalue weighted by Gasteiger charge is -2.21. The maximum Gasteiger partial charge on any atom is 0.227 e. The largest absolute Gasteiger partial charge is 0.438 e. The summed E-state index contributed by atoms with van der Waals surface area (Å²) in [7, 11) is 0. The molecule has 3 heterocycles. The van der Waals surface area contributed by atoms with Gasteiger partial charge in [0.1, 0.15) is 5.75 Å². The first-order valence-electron chi connectivity index (χ1n) is 10.1. The standard InChI is InChI=1S/C27H16N2O/c1-2-8-17(9-3-1)29-22-13-5-4-10-19(22)25-20-11-6-14-24-26(20)21(16-23(25)29)18-12-7-15-28-27(18)30-24/h1-16H. The minimum Gasteiger partial charge on any atom is -0.438 e. The number of hydrogen-bond donors (Lipinski definition) is 0. The molecule has 6 aromatic rings. The molecule has 1 aliphatic heterocycles. The van der Waals surface area contributed by atoms with E-state index in [1.807, 2.05) is 12.1 Å². The van der Waals surface area contributed by atoms with Crippen molar-refractivity contribution in [3.63, 3.8) is 0 Å². The second kappa shape index (κ2) is 5.71. The van der Waals surface area contributed by atoms with Crippen molar-refractivity contribution in [1.29, 1.82) is 0 Å². The van der Waals surface area contributed by atoms with E-state index in [1.165, 1.54) is 32.8 Å². The lowest BCUT2D eigenvalue weighted by molar-refractivity contribution is 0.467. The smallest absolute Gasteiger partial charge is 0.227 e. The van der Waals surface area contributed by atoms with Crippen molar-refractivity contribution in [3.8, 4) is 28.4 Å². The van der Waals surface area contributed by atoms with Gasteiger partial charge in [0.15, 0.2) is 0 Å². The van der Waals surface area contributed by atoms with Gasteiger partial charge in [-0.15, -0.1) is 0 Å². The first-order chi connectivity index (χ1) is 14.9. The van der Waals surface area contributed by atoms with Crippen LogP contribution in [-0.4, -0.2) is 9.55 Å². The molecule has 0 unspecified atom stereocenters. The van der Waals surface area contributed by atoms with Gasteiger partial charge in [-0.05, 0) is 47.9 Å². The van der Waals surface area contributed by atoms with Crippen LogP contribution in [0, 0.1) is 0 Å². The van der Waals surface area contributed by atoms with Gasteiger partial charge in [-0.2, -0.15) is 0 Å². The van der Waals surface area contributed by atoms with Gasteiger partial charge in [0.2, 0.25) is 5.88 Å². The van der Waals surface area contributed by atoms with E-state index in [0.29, 0.717) is 5.88 Å². The van der Waals surface area contributed by atoms with Crippen molar-refractivity contribution in [2.45, 2.75) is 0 Å². The number of ether oxygens (including phenoxy) is 1. The summed E-state index contributed by atoms with van der Waals surface area (Å²) in [5.74, 6) is 1.53. The first kappa shape index (κ1) is 15.8. The van der Waals surface area contributed by atoms with E-state index in [-0.39, 0.29) is 0 Å². The van der Waals surface area contributed by atoms with Gasteiger partial charge in [-0.3, -0.25) is 0 Å². The van der Waals surface area contributed by atoms with Gasteiger partial charge in [0.05, 0.1) is 11.0 Å². The predicted molar refractivity (Wildman–Crippen MR) is 122 cm³/mol. The molecule has 7 rings (SSSR count). The summed E-state index contributed by atoms with van der Waals surface area (Å²) in [5.41, 5.74) is 5.76. The van der Waals surface area contributed by atoms with Crippen LogP contribution in [-0.2, 0) is 0 Å². The van der Waals surface area contributed by atoms with Crippen LogP contribution in [0.25, 0.3) is 49.4 Å². The molecule has 3 nitrogen and oxygen atoms in total. The average Bonchev–Trinajstić information content (AvgIpc) is 3.14. The summed E-state index contributed by atoms with van der Waals surface area (Å²) < 4.78 is 8.54. The normalized spacial score (nSPS) is 12.3. The van der Waals surface area contributed by atoms with Crippen LogP contribution < -0.4 is 4.74 Å². The molecule has 0 bridgehead atoms. The molecule has 0 saturated heterocycles. The monoisotopic (exact) mass is 384 g/mol. The Balaban J connectivity index is 1.76. The summed E-state index contributed by atoms with van der Waals surface area (Å²) in [6.07, 6.45) is 1.78. The number of rotatable bonds is 1. The summed E-state index contributed by atoms with van der Waals surface area (Å²) in [6.45, 7) is 0. The van der Waals surface area contributed by atoms with Crippen LogP contribution in [0.2, 0.25) is 0 Å². The van der Waals surface area contributed by atoms with Gasteiger partial charge >= 0.3 is 0 Å². The van der Waals surface area contributed by atoms with Crippen LogP contribution in [0.15, 0.2) is 97.2 Å². The zero-order valence-corrected chi connectivity index (χ0v) is 16.0. The molecular formula is C27H16N2O. The highest BCUT2D eigenvalue weighted by atomic mass is 16.5. The predicted octanol–water partition coefficient (Wildman–Crippen LogP) is 7.10. The van der Waals surface area contributed by atoms with Crippen LogP contribution in [0.3, 0.4) is 0 Å². The van der Waals surface area contributed by atoms with Crippen molar-refractivity contribution in [2.24, 2.45) is 0 Å². The highest BCUT2D eigenvalue weighted by molar-refractivity contribution is 6.25. The number of hydrogen-bond acceptors (Lipinski definition) is 2. The van der Waals surface area contributed by atoms with Crippen molar-refractivity contribution >= 4 is 32.6 Å². The van der Waals surface area contributed by atoms with E-state index >= 15 is 0 Å². The van der Waals surface area contributed by atoms with E-state index in [0.717, 1.165) is 22.4 Å². The first-order valence-corrected chi connectivity index (χ1v) is 10.1. The van der Waals surface area contributed by atoms with Crippen molar-refractivity contribution in [3.05, 3.63) is 97.2 Å². The van der Waals surface area contributed by atoms with Gasteiger partial charge in [0.25, 0.3) is 0 Å². The Hall–Kier alpha value is -4.11. The molecule has 0 radical (unpaired) electrons. The van der Waals surface area contributed by atoms with Gasteiger partial charge in [-0.1, -0.05) is 48.5 Å². The van der Waals surface area contributed by atoms with E-state index in [1.54, 1.807) is 6.20 Å². The Morgan fingerprint density at radius 1 is 0.633 bits per heavy atom. The van der Waals surface area contributed by atoms with Crippen LogP contribution in [0.5, 0.6) is 11.6 Å². The second-order valence-corrected chi connectivity index (χ2v) is 7.64. The fraction of sp³-hybridized carbons (Fsp3) is 0. The SMILES string of the molecule is c1ccc(-n2c3ccccc3c3c4cccc5c4c(cc32)-c2cccnc2O5)cc1. The zero-order chi connectivity index (χ0) is 19.7. The fourth-order valence-electron chi connectivity index (χ4n) is 4.84. The van der Waals surface area contributed by atoms with E-state index in [9.17, 15) is 0 Å². The number of aromatic nitrogens is 2. The van der Waals surface area contributed by atoms with Crippen molar-refractivity contribution in [1.82, 2.24) is 9.55 Å². The number of pyridine rings is 1. The van der Waals surface area contributed by atoms with Gasteiger partial charge in [-0.25, -0.2) is 4.98 Å². The number of para-hydroxylation sites is 2. The minimum atomic E-state index is 0.666. The van der Waals surface area contributed by atoms with E-state index in [2.05, 4.69) is 88.4 Å². The summed E-state index contributed by atoms with van der Waals surface area (Å²) in [4.78, 5) is 4.48. The molecule has 3 heteroatoms. The summed E-state index contributed by atoms with van der Waals surface area (Å²) >= 11 is 0. The summed E-state index contributed by atoms with van der Waals surface area (Å²) in [5, 5.41) is 4.87. The fourth-order valence-corrected chi connectivity index (χ4v) is 4.84. The third-order valence-corrected chi connectivity index (χ3v) is 6.04. The number of nitrogens with zero attached hydrogens (tertiary/aromatic N) is 2. The third kappa shape index (κ3) is 1.96. The zero-order valence-electron chi connectivity index (χ0n) is 16.0. The number of benzene rings is 4. The number of fused-ring (bicyclic) bond motifs is 6. The molecule has 4 aromatic carbocycles. The summed E-state index contributed by atoms with van der Waals surface area (Å²) in [6, 6.07) is 31.9. The van der Waals surface area contributed by atoms with E-state index < -0.39 is 0 Å². The van der Waals surface area contributed by atoms with Crippen molar-refractivity contribution < 1.29 is 4.74 Å². The maximum absolute atomic E-state index is 6.18. The van der Waals surface area contributed by atoms with Gasteiger partial charge < -0.3 is 9.30 Å². The molecule has 30 heavy (non-hydrogen) atoms. The molecule has 0 saturated carbocycles. The Morgan fingerprint density at radius 2 is 1.47 bits per heavy atom. The molecular weight excluding hydrogens is 368 g/mol. The van der Waals surface area contributed by atoms with Gasteiger partial charge in [0, 0.05) is 39.2 Å². The molecule has 0 amide bonds. The van der Waals surface area contributed by atoms with Crippen LogP contribution in [0.4, 0.5) is 0 Å². The quantitative estimate of drug-likeness (QED) is 0.302. The molecule has 2 aromatic heterocycles. The topological polar surface area (TPSA) is 27.1 Å².